The summed E-state index contributed by atoms with van der Waals surface area (Å²) < 4.78 is 7.56. The summed E-state index contributed by atoms with van der Waals surface area (Å²) in [5.41, 5.74) is 7.35. The van der Waals surface area contributed by atoms with Crippen molar-refractivity contribution in [1.29, 1.82) is 0 Å². The molecule has 0 bridgehead atoms. The first-order valence-corrected chi connectivity index (χ1v) is 14.1. The molecule has 0 spiro atoms. The monoisotopic (exact) mass is 526 g/mol. The van der Waals surface area contributed by atoms with Crippen molar-refractivity contribution in [3.63, 3.8) is 0 Å². The van der Waals surface area contributed by atoms with Crippen LogP contribution < -0.4 is 5.32 Å². The first-order valence-electron chi connectivity index (χ1n) is 14.1. The number of rotatable bonds is 9. The Morgan fingerprint density at radius 2 is 1.90 bits per heavy atom. The normalized spacial score (nSPS) is 15.4. The summed E-state index contributed by atoms with van der Waals surface area (Å²) >= 11 is 0. The van der Waals surface area contributed by atoms with Crippen LogP contribution >= 0.6 is 0 Å². The number of carbonyl (C=O) groups is 1. The second-order valence-electron chi connectivity index (χ2n) is 11.3. The van der Waals surface area contributed by atoms with Gasteiger partial charge in [-0.3, -0.25) is 0 Å². The van der Waals surface area contributed by atoms with Crippen molar-refractivity contribution in [2.75, 3.05) is 0 Å². The number of aromatic nitrogens is 3. The molecule has 39 heavy (non-hydrogen) atoms. The zero-order chi connectivity index (χ0) is 28.2. The molecule has 0 unspecified atom stereocenters. The van der Waals surface area contributed by atoms with Crippen LogP contribution in [0, 0.1) is 0 Å². The average molecular weight is 527 g/mol. The number of allylic oxidation sites excluding steroid dienone is 5. The number of nitrogens with zero attached hydrogens (tertiary/aromatic N) is 3. The Hall–Kier alpha value is -3.67. The van der Waals surface area contributed by atoms with Crippen molar-refractivity contribution in [2.24, 2.45) is 0 Å². The van der Waals surface area contributed by atoms with Gasteiger partial charge >= 0.3 is 6.09 Å². The number of alkyl carbamates (subject to hydrolysis) is 1. The molecule has 1 fully saturated rings. The Bertz CT molecular complexity index is 1400. The Balaban J connectivity index is 1.77. The van der Waals surface area contributed by atoms with Crippen LogP contribution in [0.5, 0.6) is 0 Å². The summed E-state index contributed by atoms with van der Waals surface area (Å²) in [6.45, 7) is 15.9. The molecule has 1 amide bonds. The molecular weight excluding hydrogens is 484 g/mol. The average Bonchev–Trinajstić information content (AvgIpc) is 3.26. The van der Waals surface area contributed by atoms with Gasteiger partial charge in [-0.15, -0.1) is 6.58 Å². The molecular formula is C33H42N4O2. The molecule has 206 valence electrons. The van der Waals surface area contributed by atoms with E-state index in [1.807, 2.05) is 31.4 Å². The van der Waals surface area contributed by atoms with Crippen molar-refractivity contribution < 1.29 is 9.53 Å². The largest absolute Gasteiger partial charge is 0.444 e. The highest BCUT2D eigenvalue weighted by molar-refractivity contribution is 5.87. The van der Waals surface area contributed by atoms with Crippen molar-refractivity contribution in [3.8, 4) is 11.3 Å². The third kappa shape index (κ3) is 6.16. The van der Waals surface area contributed by atoms with E-state index < -0.39 is 5.60 Å². The third-order valence-corrected chi connectivity index (χ3v) is 7.28. The molecule has 1 aliphatic rings. The highest BCUT2D eigenvalue weighted by atomic mass is 16.6. The highest BCUT2D eigenvalue weighted by Gasteiger charge is 2.41. The summed E-state index contributed by atoms with van der Waals surface area (Å²) in [4.78, 5) is 17.6. The number of carbonyl (C=O) groups excluding carboxylic acids is 1. The summed E-state index contributed by atoms with van der Waals surface area (Å²) in [6, 6.07) is 10.6. The van der Waals surface area contributed by atoms with E-state index >= 15 is 0 Å². The number of amides is 1. The van der Waals surface area contributed by atoms with Crippen LogP contribution in [-0.2, 0) is 23.1 Å². The molecule has 1 aliphatic carbocycles. The van der Waals surface area contributed by atoms with E-state index in [0.717, 1.165) is 83.5 Å². The van der Waals surface area contributed by atoms with E-state index in [2.05, 4.69) is 81.2 Å². The molecule has 2 heterocycles. The van der Waals surface area contributed by atoms with E-state index in [4.69, 9.17) is 14.8 Å². The number of hydrogen-bond donors (Lipinski definition) is 1. The molecule has 0 saturated heterocycles. The summed E-state index contributed by atoms with van der Waals surface area (Å²) in [6.07, 6.45) is 13.2. The van der Waals surface area contributed by atoms with Gasteiger partial charge in [0.05, 0.1) is 11.1 Å². The van der Waals surface area contributed by atoms with Crippen LogP contribution in [0.2, 0.25) is 0 Å². The molecule has 0 atom stereocenters. The zero-order valence-electron chi connectivity index (χ0n) is 24.3. The second-order valence-corrected chi connectivity index (χ2v) is 11.3. The van der Waals surface area contributed by atoms with Crippen LogP contribution in [0.3, 0.4) is 0 Å². The summed E-state index contributed by atoms with van der Waals surface area (Å²) in [5, 5.41) is 8.25. The molecule has 1 aromatic carbocycles. The van der Waals surface area contributed by atoms with Crippen LogP contribution in [0.1, 0.15) is 89.7 Å². The maximum Gasteiger partial charge on any atom is 0.408 e. The molecule has 3 aromatic rings. The van der Waals surface area contributed by atoms with Crippen molar-refractivity contribution in [2.45, 2.75) is 91.2 Å². The fourth-order valence-electron chi connectivity index (χ4n) is 5.07. The molecule has 6 heteroatoms. The number of fused-ring (bicyclic) bond motifs is 1. The Kier molecular flexibility index (Phi) is 8.43. The van der Waals surface area contributed by atoms with Crippen LogP contribution in [0.25, 0.3) is 22.5 Å². The minimum absolute atomic E-state index is 0.371. The van der Waals surface area contributed by atoms with E-state index in [0.29, 0.717) is 0 Å². The molecule has 2 aromatic heterocycles. The van der Waals surface area contributed by atoms with E-state index in [1.54, 1.807) is 0 Å². The van der Waals surface area contributed by atoms with Crippen molar-refractivity contribution in [3.05, 3.63) is 83.7 Å². The Morgan fingerprint density at radius 3 is 2.46 bits per heavy atom. The lowest BCUT2D eigenvalue weighted by molar-refractivity contribution is 0.0377. The van der Waals surface area contributed by atoms with Gasteiger partial charge in [-0.1, -0.05) is 62.4 Å². The maximum atomic E-state index is 12.6. The molecule has 0 radical (unpaired) electrons. The lowest BCUT2D eigenvalue weighted by Crippen LogP contribution is -2.52. The minimum atomic E-state index is -0.534. The lowest BCUT2D eigenvalue weighted by atomic mass is 9.71. The number of nitrogens with one attached hydrogen (secondary N) is 1. The first-order chi connectivity index (χ1) is 18.6. The number of ether oxygens (including phenoxy) is 1. The van der Waals surface area contributed by atoms with Crippen LogP contribution in [-0.4, -0.2) is 26.3 Å². The third-order valence-electron chi connectivity index (χ3n) is 7.28. The maximum absolute atomic E-state index is 12.6. The Labute approximate surface area is 232 Å². The lowest BCUT2D eigenvalue weighted by Gasteiger charge is -2.43. The van der Waals surface area contributed by atoms with Gasteiger partial charge in [-0.2, -0.15) is 5.10 Å². The minimum Gasteiger partial charge on any atom is -0.444 e. The fourth-order valence-corrected chi connectivity index (χ4v) is 5.07. The van der Waals surface area contributed by atoms with Gasteiger partial charge in [0, 0.05) is 17.0 Å². The van der Waals surface area contributed by atoms with Gasteiger partial charge in [0.1, 0.15) is 11.3 Å². The smallest absolute Gasteiger partial charge is 0.408 e. The van der Waals surface area contributed by atoms with Gasteiger partial charge < -0.3 is 10.1 Å². The van der Waals surface area contributed by atoms with Crippen molar-refractivity contribution >= 4 is 17.3 Å². The molecule has 6 nitrogen and oxygen atoms in total. The SMILES string of the molecule is C=CC/C=C\C=C(/C)c1c(-c2ccc(C3(NC(=O)OC(C)(C)C)CCC3)cc2)nn2c(CC)cc(CC)nc12. The van der Waals surface area contributed by atoms with Gasteiger partial charge in [0.2, 0.25) is 0 Å². The van der Waals surface area contributed by atoms with E-state index in [-0.39, 0.29) is 11.6 Å². The second kappa shape index (κ2) is 11.6. The van der Waals surface area contributed by atoms with Gasteiger partial charge in [0.25, 0.3) is 0 Å². The quantitative estimate of drug-likeness (QED) is 0.227. The molecule has 4 rings (SSSR count). The van der Waals surface area contributed by atoms with Gasteiger partial charge in [-0.05, 0) is 83.4 Å². The summed E-state index contributed by atoms with van der Waals surface area (Å²) in [7, 11) is 0. The number of aryl methyl sites for hydroxylation is 2. The predicted octanol–water partition coefficient (Wildman–Crippen LogP) is 7.96. The molecule has 1 saturated carbocycles. The van der Waals surface area contributed by atoms with Gasteiger partial charge in [-0.25, -0.2) is 14.3 Å². The van der Waals surface area contributed by atoms with Crippen LogP contribution in [0.15, 0.2) is 61.2 Å². The Morgan fingerprint density at radius 1 is 1.18 bits per heavy atom. The van der Waals surface area contributed by atoms with E-state index in [9.17, 15) is 4.79 Å². The first kappa shape index (κ1) is 28.3. The van der Waals surface area contributed by atoms with Crippen molar-refractivity contribution in [1.82, 2.24) is 19.9 Å². The predicted molar refractivity (Wildman–Crippen MR) is 160 cm³/mol. The molecule has 1 N–H and O–H groups in total. The number of benzene rings is 1. The zero-order valence-corrected chi connectivity index (χ0v) is 24.3. The van der Waals surface area contributed by atoms with Gasteiger partial charge in [0.15, 0.2) is 5.65 Å². The standard InChI is InChI=1S/C33H42N4O2/c1-8-11-12-13-15-23(4)28-29(36-37-27(10-3)22-26(9-2)34-30(28)37)24-16-18-25(19-17-24)33(20-14-21-33)35-31(38)39-32(5,6)7/h8,12-13,15-19,22H,1,9-11,14,20-21H2,2-7H3,(H,35,38)/b13-12-,23-15+. The van der Waals surface area contributed by atoms with Crippen LogP contribution in [0.4, 0.5) is 4.79 Å². The fraction of sp³-hybridized carbons (Fsp3) is 0.424. The van der Waals surface area contributed by atoms with E-state index in [1.165, 1.54) is 0 Å². The highest BCUT2D eigenvalue weighted by Crippen LogP contribution is 2.42. The number of hydrogen-bond acceptors (Lipinski definition) is 4. The molecule has 0 aliphatic heterocycles. The topological polar surface area (TPSA) is 68.5 Å². The summed E-state index contributed by atoms with van der Waals surface area (Å²) in [5.74, 6) is 0.